The van der Waals surface area contributed by atoms with Crippen LogP contribution in [-0.4, -0.2) is 30.2 Å². The molecule has 0 spiro atoms. The molecular formula is C24H24F4N4O2. The second-order valence-electron chi connectivity index (χ2n) is 7.95. The molecule has 0 radical (unpaired) electrons. The smallest absolute Gasteiger partial charge is 0.419 e. The van der Waals surface area contributed by atoms with Crippen molar-refractivity contribution in [3.63, 3.8) is 0 Å². The third kappa shape index (κ3) is 4.85. The number of hydrogen-bond donors (Lipinski definition) is 2. The monoisotopic (exact) mass is 476 g/mol. The number of benzene rings is 2. The first-order valence-corrected chi connectivity index (χ1v) is 10.7. The minimum Gasteiger partial charge on any atom is -0.493 e. The van der Waals surface area contributed by atoms with Gasteiger partial charge < -0.3 is 20.1 Å². The first-order valence-electron chi connectivity index (χ1n) is 10.7. The van der Waals surface area contributed by atoms with Gasteiger partial charge in [0.05, 0.1) is 24.2 Å². The standard InChI is InChI=1S/C24H24F4N4O2/c1-13(16-7-4-8-18(22(16)25)24(26,27)28)30-23-17-10-21(34-12-15-6-5-9-29-15)20(33-3)11-19(17)31-14(2)32-23/h4,6-8,10-11,13,29H,5,9,12H2,1-3H3,(H,30,31,32)/t13-/m1/s1. The van der Waals surface area contributed by atoms with Crippen molar-refractivity contribution < 1.29 is 27.0 Å². The highest BCUT2D eigenvalue weighted by Gasteiger charge is 2.35. The molecule has 6 nitrogen and oxygen atoms in total. The molecule has 1 atom stereocenters. The summed E-state index contributed by atoms with van der Waals surface area (Å²) in [6, 6.07) is 5.83. The highest BCUT2D eigenvalue weighted by Crippen LogP contribution is 2.37. The van der Waals surface area contributed by atoms with Gasteiger partial charge >= 0.3 is 6.18 Å². The number of ether oxygens (including phenoxy) is 2. The molecule has 0 saturated heterocycles. The van der Waals surface area contributed by atoms with Gasteiger partial charge in [0.15, 0.2) is 11.5 Å². The van der Waals surface area contributed by atoms with Crippen LogP contribution in [0, 0.1) is 12.7 Å². The molecule has 4 rings (SSSR count). The van der Waals surface area contributed by atoms with E-state index >= 15 is 0 Å². The zero-order chi connectivity index (χ0) is 24.5. The number of nitrogens with one attached hydrogen (secondary N) is 2. The molecule has 1 aromatic heterocycles. The van der Waals surface area contributed by atoms with Crippen LogP contribution < -0.4 is 20.1 Å². The molecule has 10 heteroatoms. The van der Waals surface area contributed by atoms with E-state index in [1.807, 2.05) is 0 Å². The van der Waals surface area contributed by atoms with E-state index in [9.17, 15) is 17.6 Å². The van der Waals surface area contributed by atoms with Crippen LogP contribution in [0.15, 0.2) is 42.1 Å². The Bertz CT molecular complexity index is 1240. The molecule has 2 aromatic carbocycles. The Morgan fingerprint density at radius 3 is 2.65 bits per heavy atom. The van der Waals surface area contributed by atoms with E-state index in [1.54, 1.807) is 26.0 Å². The fourth-order valence-electron chi connectivity index (χ4n) is 3.84. The third-order valence-electron chi connectivity index (χ3n) is 5.52. The Kier molecular flexibility index (Phi) is 6.49. The molecule has 180 valence electrons. The Balaban J connectivity index is 1.70. The van der Waals surface area contributed by atoms with Gasteiger partial charge in [-0.1, -0.05) is 18.2 Å². The Morgan fingerprint density at radius 1 is 1.18 bits per heavy atom. The van der Waals surface area contributed by atoms with Crippen LogP contribution >= 0.6 is 0 Å². The zero-order valence-electron chi connectivity index (χ0n) is 18.9. The molecule has 0 amide bonds. The minimum absolute atomic E-state index is 0.122. The van der Waals surface area contributed by atoms with Gasteiger partial charge in [-0.3, -0.25) is 0 Å². The summed E-state index contributed by atoms with van der Waals surface area (Å²) in [5.41, 5.74) is 0.0875. The topological polar surface area (TPSA) is 68.3 Å². The van der Waals surface area contributed by atoms with Crippen molar-refractivity contribution in [3.8, 4) is 11.5 Å². The molecular weight excluding hydrogens is 452 g/mol. The van der Waals surface area contributed by atoms with E-state index in [2.05, 4.69) is 26.7 Å². The molecule has 3 aromatic rings. The summed E-state index contributed by atoms with van der Waals surface area (Å²) >= 11 is 0. The first-order chi connectivity index (χ1) is 16.2. The second-order valence-corrected chi connectivity index (χ2v) is 7.95. The summed E-state index contributed by atoms with van der Waals surface area (Å²) in [5.74, 6) is 0.401. The van der Waals surface area contributed by atoms with Crippen molar-refractivity contribution in [1.29, 1.82) is 0 Å². The van der Waals surface area contributed by atoms with Crippen molar-refractivity contribution >= 4 is 16.7 Å². The lowest BCUT2D eigenvalue weighted by atomic mass is 10.0. The van der Waals surface area contributed by atoms with E-state index in [0.29, 0.717) is 40.7 Å². The maximum atomic E-state index is 14.7. The number of aromatic nitrogens is 2. The lowest BCUT2D eigenvalue weighted by Crippen LogP contribution is -2.15. The van der Waals surface area contributed by atoms with E-state index in [4.69, 9.17) is 9.47 Å². The molecule has 0 unspecified atom stereocenters. The van der Waals surface area contributed by atoms with Gasteiger partial charge in [0.25, 0.3) is 0 Å². The number of hydrogen-bond acceptors (Lipinski definition) is 6. The molecule has 2 N–H and O–H groups in total. The molecule has 2 heterocycles. The lowest BCUT2D eigenvalue weighted by Gasteiger charge is -2.20. The highest BCUT2D eigenvalue weighted by molar-refractivity contribution is 5.92. The Morgan fingerprint density at radius 2 is 1.97 bits per heavy atom. The molecule has 1 aliphatic heterocycles. The molecule has 0 bridgehead atoms. The minimum atomic E-state index is -4.79. The van der Waals surface area contributed by atoms with Crippen LogP contribution in [0.1, 0.15) is 36.3 Å². The Labute approximate surface area is 194 Å². The maximum absolute atomic E-state index is 14.7. The Hall–Kier alpha value is -3.56. The van der Waals surface area contributed by atoms with Gasteiger partial charge in [0.2, 0.25) is 0 Å². The van der Waals surface area contributed by atoms with Crippen LogP contribution in [0.25, 0.3) is 10.9 Å². The number of halogens is 4. The summed E-state index contributed by atoms with van der Waals surface area (Å²) in [7, 11) is 1.52. The number of nitrogens with zero attached hydrogens (tertiary/aromatic N) is 2. The summed E-state index contributed by atoms with van der Waals surface area (Å²) in [5, 5.41) is 6.84. The fourth-order valence-corrected chi connectivity index (χ4v) is 3.84. The predicted molar refractivity (Wildman–Crippen MR) is 120 cm³/mol. The SMILES string of the molecule is COc1cc2nc(C)nc(N[C@H](C)c3cccc(C(F)(F)F)c3F)c2cc1OCC1=CCCN1. The van der Waals surface area contributed by atoms with E-state index in [0.717, 1.165) is 24.7 Å². The van der Waals surface area contributed by atoms with Crippen LogP contribution in [0.2, 0.25) is 0 Å². The van der Waals surface area contributed by atoms with Crippen LogP contribution in [0.3, 0.4) is 0 Å². The van der Waals surface area contributed by atoms with E-state index in [-0.39, 0.29) is 5.56 Å². The number of anilines is 1. The van der Waals surface area contributed by atoms with Gasteiger partial charge in [0, 0.05) is 29.3 Å². The van der Waals surface area contributed by atoms with Gasteiger partial charge in [-0.05, 0) is 32.4 Å². The molecule has 0 saturated carbocycles. The van der Waals surface area contributed by atoms with Gasteiger partial charge in [-0.25, -0.2) is 14.4 Å². The average molecular weight is 476 g/mol. The van der Waals surface area contributed by atoms with Crippen LogP contribution in [0.4, 0.5) is 23.4 Å². The number of methoxy groups -OCH3 is 1. The fraction of sp³-hybridized carbons (Fsp3) is 0.333. The van der Waals surface area contributed by atoms with E-state index in [1.165, 1.54) is 19.2 Å². The molecule has 0 fully saturated rings. The summed E-state index contributed by atoms with van der Waals surface area (Å²) < 4.78 is 65.6. The van der Waals surface area contributed by atoms with Gasteiger partial charge in [-0.15, -0.1) is 0 Å². The van der Waals surface area contributed by atoms with Crippen molar-refractivity contribution in [2.75, 3.05) is 25.6 Å². The summed E-state index contributed by atoms with van der Waals surface area (Å²) in [6.45, 7) is 4.44. The number of aryl methyl sites for hydroxylation is 1. The van der Waals surface area contributed by atoms with Crippen molar-refractivity contribution in [1.82, 2.24) is 15.3 Å². The van der Waals surface area contributed by atoms with Crippen LogP contribution in [-0.2, 0) is 6.18 Å². The number of alkyl halides is 3. The molecule has 0 aliphatic carbocycles. The van der Waals surface area contributed by atoms with Crippen molar-refractivity contribution in [2.24, 2.45) is 0 Å². The summed E-state index contributed by atoms with van der Waals surface area (Å²) in [4.78, 5) is 8.85. The number of rotatable bonds is 7. The number of fused-ring (bicyclic) bond motifs is 1. The zero-order valence-corrected chi connectivity index (χ0v) is 18.9. The van der Waals surface area contributed by atoms with E-state index < -0.39 is 23.6 Å². The van der Waals surface area contributed by atoms with Gasteiger partial charge in [0.1, 0.15) is 24.1 Å². The van der Waals surface area contributed by atoms with Gasteiger partial charge in [-0.2, -0.15) is 13.2 Å². The molecule has 34 heavy (non-hydrogen) atoms. The first kappa shape index (κ1) is 23.6. The summed E-state index contributed by atoms with van der Waals surface area (Å²) in [6.07, 6.45) is -1.80. The maximum Gasteiger partial charge on any atom is 0.419 e. The quantitative estimate of drug-likeness (QED) is 0.437. The second kappa shape index (κ2) is 9.36. The third-order valence-corrected chi connectivity index (χ3v) is 5.52. The molecule has 1 aliphatic rings. The largest absolute Gasteiger partial charge is 0.493 e. The normalized spacial score (nSPS) is 14.5. The lowest BCUT2D eigenvalue weighted by molar-refractivity contribution is -0.140. The van der Waals surface area contributed by atoms with Crippen molar-refractivity contribution in [3.05, 3.63) is 64.9 Å². The average Bonchev–Trinajstić information content (AvgIpc) is 3.30. The van der Waals surface area contributed by atoms with Crippen LogP contribution in [0.5, 0.6) is 11.5 Å². The predicted octanol–water partition coefficient (Wildman–Crippen LogP) is 5.53. The highest BCUT2D eigenvalue weighted by atomic mass is 19.4. The van der Waals surface area contributed by atoms with Crippen molar-refractivity contribution in [2.45, 2.75) is 32.5 Å².